The van der Waals surface area contributed by atoms with Crippen LogP contribution in [0.3, 0.4) is 0 Å². The molecular formula is C31H26N4O5. The van der Waals surface area contributed by atoms with Crippen molar-refractivity contribution in [3.8, 4) is 11.5 Å². The summed E-state index contributed by atoms with van der Waals surface area (Å²) in [5.41, 5.74) is 3.40. The Labute approximate surface area is 229 Å². The lowest BCUT2D eigenvalue weighted by Gasteiger charge is -2.30. The van der Waals surface area contributed by atoms with E-state index in [1.807, 2.05) is 55.6 Å². The Hall–Kier alpha value is -4.63. The van der Waals surface area contributed by atoms with Gasteiger partial charge in [-0.15, -0.1) is 0 Å². The molecule has 3 N–H and O–H groups in total. The number of aryl methyl sites for hydroxylation is 1. The lowest BCUT2D eigenvalue weighted by atomic mass is 9.76. The fraction of sp³-hybridized carbons (Fsp3) is 0.258. The van der Waals surface area contributed by atoms with Gasteiger partial charge in [0.1, 0.15) is 18.8 Å². The van der Waals surface area contributed by atoms with Crippen molar-refractivity contribution < 1.29 is 23.9 Å². The van der Waals surface area contributed by atoms with Crippen molar-refractivity contribution in [2.24, 2.45) is 11.8 Å². The number of imide groups is 1. The van der Waals surface area contributed by atoms with Gasteiger partial charge in [-0.2, -0.15) is 0 Å². The summed E-state index contributed by atoms with van der Waals surface area (Å²) in [5.74, 6) is -1.62. The maximum Gasteiger partial charge on any atom is 0.250 e. The molecule has 4 aliphatic heterocycles. The van der Waals surface area contributed by atoms with Gasteiger partial charge in [0.25, 0.3) is 0 Å². The summed E-state index contributed by atoms with van der Waals surface area (Å²) in [6.45, 7) is 2.78. The molecule has 2 fully saturated rings. The Morgan fingerprint density at radius 3 is 2.65 bits per heavy atom. The van der Waals surface area contributed by atoms with E-state index in [1.54, 1.807) is 18.2 Å². The second kappa shape index (κ2) is 8.19. The molecule has 4 atom stereocenters. The van der Waals surface area contributed by atoms with E-state index >= 15 is 0 Å². The minimum atomic E-state index is -1.36. The Kier molecular flexibility index (Phi) is 4.76. The largest absolute Gasteiger partial charge is 0.486 e. The van der Waals surface area contributed by atoms with Gasteiger partial charge in [-0.05, 0) is 43.2 Å². The molecule has 3 amide bonds. The van der Waals surface area contributed by atoms with Gasteiger partial charge in [0, 0.05) is 40.5 Å². The zero-order valence-corrected chi connectivity index (χ0v) is 21.7. The molecule has 9 nitrogen and oxygen atoms in total. The highest BCUT2D eigenvalue weighted by Crippen LogP contribution is 2.54. The number of aromatic nitrogens is 1. The van der Waals surface area contributed by atoms with E-state index in [9.17, 15) is 14.4 Å². The maximum atomic E-state index is 14.3. The van der Waals surface area contributed by atoms with E-state index in [0.717, 1.165) is 22.0 Å². The number of hydrogen-bond donors (Lipinski definition) is 3. The van der Waals surface area contributed by atoms with Crippen LogP contribution in [0.25, 0.3) is 10.9 Å². The van der Waals surface area contributed by atoms with Crippen molar-refractivity contribution >= 4 is 40.0 Å². The molecule has 0 unspecified atom stereocenters. The third-order valence-corrected chi connectivity index (χ3v) is 8.77. The first-order chi connectivity index (χ1) is 19.5. The Bertz CT molecular complexity index is 1760. The summed E-state index contributed by atoms with van der Waals surface area (Å²) in [6.07, 6.45) is 2.41. The van der Waals surface area contributed by atoms with E-state index in [0.29, 0.717) is 48.1 Å². The van der Waals surface area contributed by atoms with Gasteiger partial charge < -0.3 is 19.8 Å². The monoisotopic (exact) mass is 534 g/mol. The number of hydrogen-bond acceptors (Lipinski definition) is 6. The van der Waals surface area contributed by atoms with Crippen LogP contribution in [0.5, 0.6) is 11.5 Å². The standard InChI is InChI=1S/C31H26N4O5/c1-16-6-8-22-20(12-16)31(30(38)33-22)27-26(23(34-31)13-17-15-32-21-5-3-2-4-19(17)21)28(36)35(29(27)37)18-7-9-24-25(14-18)40-11-10-39-24/h2-9,12,14-15,23,26-27,32,34H,10-11,13H2,1H3,(H,33,38)/t23-,26+,27-,31-/m0/s1. The topological polar surface area (TPSA) is 113 Å². The molecule has 0 saturated carbocycles. The summed E-state index contributed by atoms with van der Waals surface area (Å²) >= 11 is 0. The highest BCUT2D eigenvalue weighted by Gasteiger charge is 2.70. The van der Waals surface area contributed by atoms with Gasteiger partial charge in [-0.1, -0.05) is 35.9 Å². The van der Waals surface area contributed by atoms with E-state index < -0.39 is 29.3 Å². The molecule has 0 radical (unpaired) electrons. The van der Waals surface area contributed by atoms with Crippen LogP contribution in [0, 0.1) is 18.8 Å². The van der Waals surface area contributed by atoms with Crippen molar-refractivity contribution in [2.75, 3.05) is 23.4 Å². The molecule has 200 valence electrons. The Balaban J connectivity index is 1.27. The number of carbonyl (C=O) groups is 3. The molecule has 1 aromatic heterocycles. The van der Waals surface area contributed by atoms with Gasteiger partial charge in [0.05, 0.1) is 17.5 Å². The van der Waals surface area contributed by atoms with Crippen molar-refractivity contribution in [3.63, 3.8) is 0 Å². The second-order valence-corrected chi connectivity index (χ2v) is 11.0. The second-order valence-electron chi connectivity index (χ2n) is 11.0. The van der Waals surface area contributed by atoms with Crippen molar-refractivity contribution in [1.82, 2.24) is 10.3 Å². The normalized spacial score (nSPS) is 26.5. The van der Waals surface area contributed by atoms with Gasteiger partial charge >= 0.3 is 0 Å². The number of fused-ring (bicyclic) bond motifs is 6. The number of rotatable bonds is 3. The molecule has 3 aromatic carbocycles. The Morgan fingerprint density at radius 1 is 0.950 bits per heavy atom. The van der Waals surface area contributed by atoms with Gasteiger partial charge in [-0.25, -0.2) is 4.90 Å². The molecule has 5 heterocycles. The first kappa shape index (κ1) is 23.3. The number of anilines is 2. The van der Waals surface area contributed by atoms with E-state index in [4.69, 9.17) is 9.47 Å². The molecule has 4 aliphatic rings. The summed E-state index contributed by atoms with van der Waals surface area (Å²) in [6, 6.07) is 18.3. The van der Waals surface area contributed by atoms with Gasteiger partial charge in [0.2, 0.25) is 17.7 Å². The average molecular weight is 535 g/mol. The molecule has 0 bridgehead atoms. The number of nitrogens with zero attached hydrogens (tertiary/aromatic N) is 1. The van der Waals surface area contributed by atoms with E-state index in [2.05, 4.69) is 15.6 Å². The zero-order chi connectivity index (χ0) is 27.2. The van der Waals surface area contributed by atoms with Crippen molar-refractivity contribution in [1.29, 1.82) is 0 Å². The number of H-pyrrole nitrogens is 1. The number of carbonyl (C=O) groups excluding carboxylic acids is 3. The SMILES string of the molecule is Cc1ccc2c(c1)[C@@]1(N[C@@H](Cc3c[nH]c4ccccc34)[C@H]3C(=O)N(c4ccc5c(c4)OCCO5)C(=O)[C@H]31)C(=O)N2. The maximum absolute atomic E-state index is 14.3. The molecule has 9 heteroatoms. The summed E-state index contributed by atoms with van der Waals surface area (Å²) in [4.78, 5) is 47.0. The first-order valence-electron chi connectivity index (χ1n) is 13.5. The summed E-state index contributed by atoms with van der Waals surface area (Å²) in [5, 5.41) is 7.58. The number of amides is 3. The van der Waals surface area contributed by atoms with Crippen molar-refractivity contribution in [3.05, 3.63) is 83.6 Å². The lowest BCUT2D eigenvalue weighted by molar-refractivity contribution is -0.130. The number of ether oxygens (including phenoxy) is 2. The molecular weight excluding hydrogens is 508 g/mol. The Morgan fingerprint density at radius 2 is 1.77 bits per heavy atom. The number of benzene rings is 3. The van der Waals surface area contributed by atoms with Crippen LogP contribution in [0.2, 0.25) is 0 Å². The third kappa shape index (κ3) is 3.03. The highest BCUT2D eigenvalue weighted by molar-refractivity contribution is 6.26. The molecule has 2 saturated heterocycles. The average Bonchev–Trinajstić information content (AvgIpc) is 3.67. The summed E-state index contributed by atoms with van der Waals surface area (Å²) < 4.78 is 11.4. The smallest absolute Gasteiger partial charge is 0.250 e. The number of para-hydroxylation sites is 1. The predicted octanol–water partition coefficient (Wildman–Crippen LogP) is 3.42. The fourth-order valence-corrected chi connectivity index (χ4v) is 7.05. The predicted molar refractivity (Wildman–Crippen MR) is 147 cm³/mol. The molecule has 40 heavy (non-hydrogen) atoms. The number of aromatic amines is 1. The van der Waals surface area contributed by atoms with Crippen LogP contribution in [0.15, 0.2) is 66.9 Å². The van der Waals surface area contributed by atoms with Crippen LogP contribution >= 0.6 is 0 Å². The molecule has 4 aromatic rings. The van der Waals surface area contributed by atoms with E-state index in [-0.39, 0.29) is 11.8 Å². The van der Waals surface area contributed by atoms with E-state index in [1.165, 1.54) is 4.90 Å². The van der Waals surface area contributed by atoms with Crippen LogP contribution in [-0.2, 0) is 26.3 Å². The third-order valence-electron chi connectivity index (χ3n) is 8.77. The number of nitrogens with one attached hydrogen (secondary N) is 3. The van der Waals surface area contributed by atoms with Gasteiger partial charge in [-0.3, -0.25) is 19.7 Å². The molecule has 0 aliphatic carbocycles. The van der Waals surface area contributed by atoms with Gasteiger partial charge in [0.15, 0.2) is 11.5 Å². The molecule has 8 rings (SSSR count). The van der Waals surface area contributed by atoms with Crippen LogP contribution < -0.4 is 25.0 Å². The first-order valence-corrected chi connectivity index (χ1v) is 13.5. The van der Waals surface area contributed by atoms with Crippen molar-refractivity contribution in [2.45, 2.75) is 24.9 Å². The minimum Gasteiger partial charge on any atom is -0.486 e. The highest BCUT2D eigenvalue weighted by atomic mass is 16.6. The van der Waals surface area contributed by atoms with Crippen LogP contribution in [0.4, 0.5) is 11.4 Å². The lowest BCUT2D eigenvalue weighted by Crippen LogP contribution is -2.53. The fourth-order valence-electron chi connectivity index (χ4n) is 7.05. The summed E-state index contributed by atoms with van der Waals surface area (Å²) in [7, 11) is 0. The van der Waals surface area contributed by atoms with Crippen LogP contribution in [-0.4, -0.2) is 42.0 Å². The zero-order valence-electron chi connectivity index (χ0n) is 21.7. The quantitative estimate of drug-likeness (QED) is 0.347. The van der Waals surface area contributed by atoms with Crippen LogP contribution in [0.1, 0.15) is 16.7 Å². The molecule has 1 spiro atoms. The minimum absolute atomic E-state index is 0.310.